The minimum atomic E-state index is 0.186. The molecule has 4 heteroatoms. The van der Waals surface area contributed by atoms with Crippen molar-refractivity contribution in [1.82, 2.24) is 4.90 Å². The maximum absolute atomic E-state index is 9.49. The van der Waals surface area contributed by atoms with Crippen molar-refractivity contribution in [3.63, 3.8) is 0 Å². The number of benzene rings is 1. The Morgan fingerprint density at radius 1 is 1.32 bits per heavy atom. The van der Waals surface area contributed by atoms with Gasteiger partial charge in [0.15, 0.2) is 0 Å². The van der Waals surface area contributed by atoms with E-state index in [-0.39, 0.29) is 12.6 Å². The third-order valence-corrected chi connectivity index (χ3v) is 3.80. The molecule has 0 spiro atoms. The molecule has 1 aromatic rings. The number of aliphatic hydroxyl groups excluding tert-OH is 1. The SMILES string of the molecule is CCOc1ccccc1N1CC(CO)N(C)CC1C. The molecule has 1 heterocycles. The monoisotopic (exact) mass is 264 g/mol. The van der Waals surface area contributed by atoms with Crippen LogP contribution in [0.3, 0.4) is 0 Å². The van der Waals surface area contributed by atoms with Crippen LogP contribution in [0.1, 0.15) is 13.8 Å². The quantitative estimate of drug-likeness (QED) is 0.896. The van der Waals surface area contributed by atoms with Crippen LogP contribution in [0, 0.1) is 0 Å². The summed E-state index contributed by atoms with van der Waals surface area (Å²) in [5.41, 5.74) is 1.13. The number of para-hydroxylation sites is 2. The van der Waals surface area contributed by atoms with Gasteiger partial charge in [0, 0.05) is 19.1 Å². The fraction of sp³-hybridized carbons (Fsp3) is 0.600. The molecule has 19 heavy (non-hydrogen) atoms. The average molecular weight is 264 g/mol. The van der Waals surface area contributed by atoms with E-state index in [9.17, 15) is 5.11 Å². The van der Waals surface area contributed by atoms with E-state index in [1.54, 1.807) is 0 Å². The molecule has 4 nitrogen and oxygen atoms in total. The highest BCUT2D eigenvalue weighted by Crippen LogP contribution is 2.31. The first-order valence-corrected chi connectivity index (χ1v) is 6.97. The largest absolute Gasteiger partial charge is 0.492 e. The highest BCUT2D eigenvalue weighted by molar-refractivity contribution is 5.59. The summed E-state index contributed by atoms with van der Waals surface area (Å²) in [6.07, 6.45) is 0. The first-order valence-electron chi connectivity index (χ1n) is 6.97. The normalized spacial score (nSPS) is 24.5. The van der Waals surface area contributed by atoms with Crippen molar-refractivity contribution in [1.29, 1.82) is 0 Å². The van der Waals surface area contributed by atoms with Gasteiger partial charge in [0.05, 0.1) is 24.9 Å². The number of hydrogen-bond acceptors (Lipinski definition) is 4. The van der Waals surface area contributed by atoms with E-state index in [0.29, 0.717) is 12.6 Å². The zero-order chi connectivity index (χ0) is 13.8. The van der Waals surface area contributed by atoms with Crippen molar-refractivity contribution >= 4 is 5.69 Å². The van der Waals surface area contributed by atoms with Gasteiger partial charge in [-0.2, -0.15) is 0 Å². The molecule has 0 saturated carbocycles. The highest BCUT2D eigenvalue weighted by atomic mass is 16.5. The molecule has 1 aliphatic heterocycles. The molecule has 1 fully saturated rings. The van der Waals surface area contributed by atoms with E-state index in [4.69, 9.17) is 4.74 Å². The molecule has 0 aliphatic carbocycles. The van der Waals surface area contributed by atoms with Crippen molar-refractivity contribution < 1.29 is 9.84 Å². The Morgan fingerprint density at radius 2 is 2.05 bits per heavy atom. The number of nitrogens with zero attached hydrogens (tertiary/aromatic N) is 2. The van der Waals surface area contributed by atoms with Crippen LogP contribution in [0.4, 0.5) is 5.69 Å². The van der Waals surface area contributed by atoms with Gasteiger partial charge >= 0.3 is 0 Å². The Bertz CT molecular complexity index is 411. The van der Waals surface area contributed by atoms with Crippen LogP contribution in [-0.4, -0.2) is 55.4 Å². The lowest BCUT2D eigenvalue weighted by Gasteiger charge is -2.44. The van der Waals surface area contributed by atoms with Gasteiger partial charge in [0.25, 0.3) is 0 Å². The zero-order valence-corrected chi connectivity index (χ0v) is 12.0. The Labute approximate surface area is 115 Å². The van der Waals surface area contributed by atoms with Gasteiger partial charge in [0.2, 0.25) is 0 Å². The standard InChI is InChI=1S/C15H24N2O2/c1-4-19-15-8-6-5-7-14(15)17-10-13(11-18)16(3)9-12(17)2/h5-8,12-13,18H,4,9-11H2,1-3H3. The van der Waals surface area contributed by atoms with E-state index in [1.807, 2.05) is 25.1 Å². The third-order valence-electron chi connectivity index (χ3n) is 3.80. The first kappa shape index (κ1) is 14.2. The van der Waals surface area contributed by atoms with Crippen LogP contribution in [-0.2, 0) is 0 Å². The van der Waals surface area contributed by atoms with Crippen molar-refractivity contribution in [2.24, 2.45) is 0 Å². The van der Waals surface area contributed by atoms with E-state index in [0.717, 1.165) is 24.5 Å². The average Bonchev–Trinajstić information content (AvgIpc) is 2.40. The van der Waals surface area contributed by atoms with Gasteiger partial charge in [-0.1, -0.05) is 12.1 Å². The number of ether oxygens (including phenoxy) is 1. The van der Waals surface area contributed by atoms with Crippen LogP contribution in [0.15, 0.2) is 24.3 Å². The van der Waals surface area contributed by atoms with Gasteiger partial charge in [-0.25, -0.2) is 0 Å². The molecule has 0 amide bonds. The number of rotatable bonds is 4. The summed E-state index contributed by atoms with van der Waals surface area (Å²) in [7, 11) is 2.07. The number of piperazine rings is 1. The van der Waals surface area contributed by atoms with E-state index < -0.39 is 0 Å². The Hall–Kier alpha value is -1.26. The maximum atomic E-state index is 9.49. The summed E-state index contributed by atoms with van der Waals surface area (Å²) in [5.74, 6) is 0.929. The summed E-state index contributed by atoms with van der Waals surface area (Å²) >= 11 is 0. The summed E-state index contributed by atoms with van der Waals surface area (Å²) < 4.78 is 5.72. The number of likely N-dealkylation sites (N-methyl/N-ethyl adjacent to an activating group) is 1. The second kappa shape index (κ2) is 6.26. The Kier molecular flexibility index (Phi) is 4.66. The van der Waals surface area contributed by atoms with Crippen LogP contribution in [0.2, 0.25) is 0 Å². The van der Waals surface area contributed by atoms with Crippen molar-refractivity contribution in [2.45, 2.75) is 25.9 Å². The minimum Gasteiger partial charge on any atom is -0.492 e. The molecule has 0 bridgehead atoms. The molecule has 2 unspecified atom stereocenters. The molecule has 1 saturated heterocycles. The third kappa shape index (κ3) is 3.01. The molecule has 1 aromatic carbocycles. The summed E-state index contributed by atoms with van der Waals surface area (Å²) in [5, 5.41) is 9.49. The molecular formula is C15H24N2O2. The van der Waals surface area contributed by atoms with E-state index in [1.165, 1.54) is 0 Å². The highest BCUT2D eigenvalue weighted by Gasteiger charge is 2.30. The summed E-state index contributed by atoms with van der Waals surface area (Å²) in [4.78, 5) is 4.57. The molecule has 1 N–H and O–H groups in total. The Balaban J connectivity index is 2.24. The van der Waals surface area contributed by atoms with Crippen LogP contribution in [0.5, 0.6) is 5.75 Å². The lowest BCUT2D eigenvalue weighted by molar-refractivity contribution is 0.121. The molecule has 0 radical (unpaired) electrons. The first-order chi connectivity index (χ1) is 9.17. The van der Waals surface area contributed by atoms with Crippen molar-refractivity contribution in [3.05, 3.63) is 24.3 Å². The molecule has 2 rings (SSSR count). The molecule has 2 atom stereocenters. The number of hydrogen-bond donors (Lipinski definition) is 1. The topological polar surface area (TPSA) is 35.9 Å². The second-order valence-electron chi connectivity index (χ2n) is 5.18. The van der Waals surface area contributed by atoms with Crippen LogP contribution >= 0.6 is 0 Å². The summed E-state index contributed by atoms with van der Waals surface area (Å²) in [6, 6.07) is 8.74. The molecule has 106 valence electrons. The maximum Gasteiger partial charge on any atom is 0.142 e. The molecular weight excluding hydrogens is 240 g/mol. The van der Waals surface area contributed by atoms with Crippen LogP contribution in [0.25, 0.3) is 0 Å². The fourth-order valence-corrected chi connectivity index (χ4v) is 2.72. The number of aliphatic hydroxyl groups is 1. The van der Waals surface area contributed by atoms with Crippen LogP contribution < -0.4 is 9.64 Å². The lowest BCUT2D eigenvalue weighted by atomic mass is 10.1. The van der Waals surface area contributed by atoms with E-state index >= 15 is 0 Å². The second-order valence-corrected chi connectivity index (χ2v) is 5.18. The van der Waals surface area contributed by atoms with Gasteiger partial charge in [-0.05, 0) is 33.0 Å². The zero-order valence-electron chi connectivity index (χ0n) is 12.0. The van der Waals surface area contributed by atoms with Crippen molar-refractivity contribution in [3.8, 4) is 5.75 Å². The molecule has 0 aromatic heterocycles. The number of anilines is 1. The predicted molar refractivity (Wildman–Crippen MR) is 77.9 cm³/mol. The smallest absolute Gasteiger partial charge is 0.142 e. The van der Waals surface area contributed by atoms with Gasteiger partial charge < -0.3 is 14.7 Å². The Morgan fingerprint density at radius 3 is 2.74 bits per heavy atom. The summed E-state index contributed by atoms with van der Waals surface area (Å²) in [6.45, 7) is 6.86. The van der Waals surface area contributed by atoms with E-state index in [2.05, 4.69) is 29.8 Å². The molecule has 1 aliphatic rings. The van der Waals surface area contributed by atoms with Gasteiger partial charge in [-0.15, -0.1) is 0 Å². The lowest BCUT2D eigenvalue weighted by Crippen LogP contribution is -2.57. The minimum absolute atomic E-state index is 0.186. The van der Waals surface area contributed by atoms with Gasteiger partial charge in [0.1, 0.15) is 5.75 Å². The predicted octanol–water partition coefficient (Wildman–Crippen LogP) is 1.59. The van der Waals surface area contributed by atoms with Crippen molar-refractivity contribution in [2.75, 3.05) is 38.3 Å². The fourth-order valence-electron chi connectivity index (χ4n) is 2.72. The van der Waals surface area contributed by atoms with Gasteiger partial charge in [-0.3, -0.25) is 4.90 Å².